The number of rotatable bonds is 2. The van der Waals surface area contributed by atoms with Gasteiger partial charge in [0, 0.05) is 6.54 Å². The van der Waals surface area contributed by atoms with Gasteiger partial charge < -0.3 is 10.2 Å². The summed E-state index contributed by atoms with van der Waals surface area (Å²) in [5.74, 6) is 3.43. The second-order valence-corrected chi connectivity index (χ2v) is 4.29. The van der Waals surface area contributed by atoms with E-state index in [1.54, 1.807) is 0 Å². The monoisotopic (exact) mass is 247 g/mol. The summed E-state index contributed by atoms with van der Waals surface area (Å²) in [5, 5.41) is 3.96. The highest BCUT2D eigenvalue weighted by Gasteiger charge is 2.17. The van der Waals surface area contributed by atoms with Gasteiger partial charge in [-0.25, -0.2) is 0 Å². The molecule has 1 N–H and O–H groups in total. The van der Waals surface area contributed by atoms with E-state index >= 15 is 0 Å². The van der Waals surface area contributed by atoms with Crippen molar-refractivity contribution in [3.05, 3.63) is 28.8 Å². The van der Waals surface area contributed by atoms with E-state index in [9.17, 15) is 0 Å². The van der Waals surface area contributed by atoms with Crippen molar-refractivity contribution in [3.63, 3.8) is 0 Å². The third-order valence-electron chi connectivity index (χ3n) is 2.67. The van der Waals surface area contributed by atoms with Gasteiger partial charge in [0.1, 0.15) is 0 Å². The maximum atomic E-state index is 6.16. The van der Waals surface area contributed by atoms with Gasteiger partial charge in [0.15, 0.2) is 5.96 Å². The second-order valence-electron chi connectivity index (χ2n) is 3.89. The van der Waals surface area contributed by atoms with E-state index in [4.69, 9.17) is 18.0 Å². The molecule has 88 valence electrons. The molecule has 0 amide bonds. The van der Waals surface area contributed by atoms with E-state index in [2.05, 4.69) is 16.2 Å². The van der Waals surface area contributed by atoms with Crippen LogP contribution in [-0.4, -0.2) is 30.5 Å². The maximum Gasteiger partial charge on any atom is 0.199 e. The summed E-state index contributed by atoms with van der Waals surface area (Å²) >= 11 is 6.16. The predicted molar refractivity (Wildman–Crippen MR) is 72.5 cm³/mol. The van der Waals surface area contributed by atoms with Crippen molar-refractivity contribution in [1.82, 2.24) is 4.90 Å². The SMILES string of the molecule is C#CCN1CCN=C1Nc1c(C)cccc1Cl. The van der Waals surface area contributed by atoms with Crippen LogP contribution in [0.25, 0.3) is 0 Å². The molecule has 2 rings (SSSR count). The average Bonchev–Trinajstić information content (AvgIpc) is 2.72. The first-order chi connectivity index (χ1) is 8.22. The van der Waals surface area contributed by atoms with E-state index in [-0.39, 0.29) is 0 Å². The first-order valence-corrected chi connectivity index (χ1v) is 5.85. The molecule has 0 spiro atoms. The lowest BCUT2D eigenvalue weighted by atomic mass is 10.2. The molecule has 0 bridgehead atoms. The lowest BCUT2D eigenvalue weighted by molar-refractivity contribution is 0.513. The summed E-state index contributed by atoms with van der Waals surface area (Å²) in [7, 11) is 0. The Morgan fingerprint density at radius 3 is 3.12 bits per heavy atom. The van der Waals surface area contributed by atoms with Crippen LogP contribution in [0.5, 0.6) is 0 Å². The van der Waals surface area contributed by atoms with Gasteiger partial charge in [-0.15, -0.1) is 6.42 Å². The summed E-state index contributed by atoms with van der Waals surface area (Å²) in [5.41, 5.74) is 1.99. The van der Waals surface area contributed by atoms with Gasteiger partial charge in [-0.3, -0.25) is 4.99 Å². The van der Waals surface area contributed by atoms with Crippen LogP contribution in [0.2, 0.25) is 5.02 Å². The number of nitrogens with zero attached hydrogens (tertiary/aromatic N) is 2. The summed E-state index contributed by atoms with van der Waals surface area (Å²) in [6.45, 7) is 4.20. The van der Waals surface area contributed by atoms with Crippen LogP contribution in [0.1, 0.15) is 5.56 Å². The molecule has 0 atom stereocenters. The molecular formula is C13H14ClN3. The molecule has 0 radical (unpaired) electrons. The van der Waals surface area contributed by atoms with Gasteiger partial charge in [-0.1, -0.05) is 29.7 Å². The number of halogens is 1. The lowest BCUT2D eigenvalue weighted by Gasteiger charge is -2.19. The zero-order valence-electron chi connectivity index (χ0n) is 9.70. The minimum atomic E-state index is 0.565. The number of anilines is 1. The van der Waals surface area contributed by atoms with Crippen molar-refractivity contribution in [2.75, 3.05) is 25.0 Å². The van der Waals surface area contributed by atoms with Crippen LogP contribution < -0.4 is 5.32 Å². The molecule has 17 heavy (non-hydrogen) atoms. The molecule has 1 aromatic carbocycles. The molecule has 1 aromatic rings. The van der Waals surface area contributed by atoms with Crippen molar-refractivity contribution in [1.29, 1.82) is 0 Å². The molecule has 0 aromatic heterocycles. The smallest absolute Gasteiger partial charge is 0.199 e. The summed E-state index contributed by atoms with van der Waals surface area (Å²) in [6, 6.07) is 5.80. The Hall–Kier alpha value is -1.66. The number of hydrogen-bond donors (Lipinski definition) is 1. The number of nitrogens with one attached hydrogen (secondary N) is 1. The van der Waals surface area contributed by atoms with Crippen LogP contribution in [0.4, 0.5) is 5.69 Å². The fraction of sp³-hybridized carbons (Fsp3) is 0.308. The number of aliphatic imine (C=N–C) groups is 1. The maximum absolute atomic E-state index is 6.16. The minimum absolute atomic E-state index is 0.565. The van der Waals surface area contributed by atoms with Crippen molar-refractivity contribution >= 4 is 23.2 Å². The molecule has 0 aliphatic carbocycles. The largest absolute Gasteiger partial charge is 0.330 e. The van der Waals surface area contributed by atoms with Gasteiger partial charge in [0.2, 0.25) is 0 Å². The minimum Gasteiger partial charge on any atom is -0.330 e. The van der Waals surface area contributed by atoms with E-state index in [0.717, 1.165) is 30.3 Å². The molecule has 0 fully saturated rings. The molecule has 0 saturated carbocycles. The Kier molecular flexibility index (Phi) is 3.55. The highest BCUT2D eigenvalue weighted by atomic mass is 35.5. The van der Waals surface area contributed by atoms with Gasteiger partial charge in [0.05, 0.1) is 23.8 Å². The third-order valence-corrected chi connectivity index (χ3v) is 2.99. The van der Waals surface area contributed by atoms with Gasteiger partial charge in [0.25, 0.3) is 0 Å². The van der Waals surface area contributed by atoms with E-state index < -0.39 is 0 Å². The van der Waals surface area contributed by atoms with Crippen LogP contribution in [-0.2, 0) is 0 Å². The molecule has 0 saturated heterocycles. The van der Waals surface area contributed by atoms with Crippen LogP contribution in [0.15, 0.2) is 23.2 Å². The normalized spacial score (nSPS) is 14.4. The summed E-state index contributed by atoms with van der Waals surface area (Å²) in [4.78, 5) is 6.42. The van der Waals surface area contributed by atoms with Crippen LogP contribution in [0, 0.1) is 19.3 Å². The number of hydrogen-bond acceptors (Lipinski definition) is 3. The lowest BCUT2D eigenvalue weighted by Crippen LogP contribution is -2.33. The fourth-order valence-electron chi connectivity index (χ4n) is 1.77. The van der Waals surface area contributed by atoms with Crippen LogP contribution in [0.3, 0.4) is 0 Å². The van der Waals surface area contributed by atoms with Crippen LogP contribution >= 0.6 is 11.6 Å². The van der Waals surface area contributed by atoms with E-state index in [0.29, 0.717) is 11.6 Å². The number of para-hydroxylation sites is 1. The topological polar surface area (TPSA) is 27.6 Å². The first kappa shape index (κ1) is 11.8. The van der Waals surface area contributed by atoms with Gasteiger partial charge in [-0.05, 0) is 18.6 Å². The molecular weight excluding hydrogens is 234 g/mol. The molecule has 3 nitrogen and oxygen atoms in total. The molecule has 1 aliphatic heterocycles. The zero-order valence-corrected chi connectivity index (χ0v) is 10.5. The molecule has 1 heterocycles. The number of aryl methyl sites for hydroxylation is 1. The second kappa shape index (κ2) is 5.11. The molecule has 1 aliphatic rings. The number of terminal acetylenes is 1. The Balaban J connectivity index is 2.19. The van der Waals surface area contributed by atoms with E-state index in [1.165, 1.54) is 0 Å². The fourth-order valence-corrected chi connectivity index (χ4v) is 2.04. The van der Waals surface area contributed by atoms with Gasteiger partial charge >= 0.3 is 0 Å². The predicted octanol–water partition coefficient (Wildman–Crippen LogP) is 2.37. The van der Waals surface area contributed by atoms with Crippen molar-refractivity contribution < 1.29 is 0 Å². The Bertz CT molecular complexity index is 468. The summed E-state index contributed by atoms with van der Waals surface area (Å²) < 4.78 is 0. The highest BCUT2D eigenvalue weighted by Crippen LogP contribution is 2.25. The highest BCUT2D eigenvalue weighted by molar-refractivity contribution is 6.34. The third kappa shape index (κ3) is 2.54. The zero-order chi connectivity index (χ0) is 12.3. The standard InChI is InChI=1S/C13H14ClN3/c1-3-8-17-9-7-15-13(17)16-12-10(2)5-4-6-11(12)14/h1,4-6H,7-9H2,2H3,(H,15,16). The number of guanidine groups is 1. The Morgan fingerprint density at radius 2 is 2.41 bits per heavy atom. The molecule has 0 unspecified atom stereocenters. The Labute approximate surface area is 106 Å². The first-order valence-electron chi connectivity index (χ1n) is 5.47. The summed E-state index contributed by atoms with van der Waals surface area (Å²) in [6.07, 6.45) is 5.32. The van der Waals surface area contributed by atoms with Gasteiger partial charge in [-0.2, -0.15) is 0 Å². The molecule has 4 heteroatoms. The average molecular weight is 248 g/mol. The Morgan fingerprint density at radius 1 is 1.59 bits per heavy atom. The van der Waals surface area contributed by atoms with Crippen molar-refractivity contribution in [2.24, 2.45) is 4.99 Å². The van der Waals surface area contributed by atoms with Crippen molar-refractivity contribution in [3.8, 4) is 12.3 Å². The van der Waals surface area contributed by atoms with E-state index in [1.807, 2.05) is 30.0 Å². The van der Waals surface area contributed by atoms with Crippen molar-refractivity contribution in [2.45, 2.75) is 6.92 Å². The number of benzene rings is 1. The quantitative estimate of drug-likeness (QED) is 0.813.